The van der Waals surface area contributed by atoms with E-state index in [1.54, 1.807) is 29.2 Å². The SMILES string of the molecule is O=C1CCN(c2cccc(C(=O)N3CCC(OC4CCN(CS)CC4F)CC3)c2)C(=O)N1. The van der Waals surface area contributed by atoms with Crippen LogP contribution >= 0.6 is 12.6 Å². The number of hydrogen-bond donors (Lipinski definition) is 2. The number of ether oxygens (including phenoxy) is 1. The molecule has 0 bridgehead atoms. The molecule has 10 heteroatoms. The van der Waals surface area contributed by atoms with Gasteiger partial charge >= 0.3 is 6.03 Å². The highest BCUT2D eigenvalue weighted by molar-refractivity contribution is 7.80. The second kappa shape index (κ2) is 10.2. The molecule has 0 aliphatic carbocycles. The summed E-state index contributed by atoms with van der Waals surface area (Å²) < 4.78 is 20.4. The second-order valence-corrected chi connectivity index (χ2v) is 8.78. The minimum atomic E-state index is -1.01. The van der Waals surface area contributed by atoms with Crippen molar-refractivity contribution in [1.29, 1.82) is 0 Å². The van der Waals surface area contributed by atoms with E-state index in [4.69, 9.17) is 4.74 Å². The van der Waals surface area contributed by atoms with Gasteiger partial charge in [-0.1, -0.05) is 6.07 Å². The molecule has 0 spiro atoms. The number of benzene rings is 1. The van der Waals surface area contributed by atoms with E-state index >= 15 is 0 Å². The summed E-state index contributed by atoms with van der Waals surface area (Å²) in [6.45, 7) is 2.50. The Bertz CT molecular complexity index is 864. The summed E-state index contributed by atoms with van der Waals surface area (Å²) in [4.78, 5) is 41.7. The van der Waals surface area contributed by atoms with E-state index in [9.17, 15) is 18.8 Å². The van der Waals surface area contributed by atoms with Gasteiger partial charge in [-0.25, -0.2) is 9.18 Å². The van der Waals surface area contributed by atoms with Crippen molar-refractivity contribution in [2.45, 2.75) is 44.1 Å². The van der Waals surface area contributed by atoms with Gasteiger partial charge in [-0.15, -0.1) is 0 Å². The molecule has 4 rings (SSSR count). The fourth-order valence-electron chi connectivity index (χ4n) is 4.47. The highest BCUT2D eigenvalue weighted by Gasteiger charge is 2.33. The monoisotopic (exact) mass is 464 g/mol. The van der Waals surface area contributed by atoms with Gasteiger partial charge in [0.2, 0.25) is 5.91 Å². The first kappa shape index (κ1) is 23.0. The Hall–Kier alpha value is -2.17. The average molecular weight is 465 g/mol. The molecule has 4 amide bonds. The fourth-order valence-corrected chi connectivity index (χ4v) is 4.73. The molecule has 2 unspecified atom stereocenters. The molecule has 174 valence electrons. The number of likely N-dealkylation sites (tertiary alicyclic amines) is 2. The Balaban J connectivity index is 1.31. The zero-order valence-corrected chi connectivity index (χ0v) is 18.8. The number of piperidine rings is 2. The van der Waals surface area contributed by atoms with E-state index in [1.807, 2.05) is 4.90 Å². The van der Waals surface area contributed by atoms with Crippen molar-refractivity contribution in [3.05, 3.63) is 29.8 Å². The quantitative estimate of drug-likeness (QED) is 0.652. The van der Waals surface area contributed by atoms with Crippen LogP contribution in [0.2, 0.25) is 0 Å². The molecule has 32 heavy (non-hydrogen) atoms. The van der Waals surface area contributed by atoms with E-state index in [2.05, 4.69) is 17.9 Å². The Kier molecular flexibility index (Phi) is 7.32. The first-order valence-electron chi connectivity index (χ1n) is 11.1. The molecule has 3 aliphatic heterocycles. The highest BCUT2D eigenvalue weighted by Crippen LogP contribution is 2.25. The van der Waals surface area contributed by atoms with Crippen LogP contribution in [0.5, 0.6) is 0 Å². The van der Waals surface area contributed by atoms with Gasteiger partial charge < -0.3 is 9.64 Å². The average Bonchev–Trinajstić information content (AvgIpc) is 2.80. The normalized spacial score (nSPS) is 25.7. The maximum absolute atomic E-state index is 14.4. The minimum absolute atomic E-state index is 0.0502. The van der Waals surface area contributed by atoms with Gasteiger partial charge in [0.1, 0.15) is 6.17 Å². The van der Waals surface area contributed by atoms with Crippen LogP contribution < -0.4 is 10.2 Å². The van der Waals surface area contributed by atoms with E-state index in [-0.39, 0.29) is 30.9 Å². The standard InChI is InChI=1S/C22H29FN4O4S/c23-18-13-25(14-32)8-6-19(18)31-17-4-9-26(10-5-17)21(29)15-2-1-3-16(12-15)27-11-7-20(28)24-22(27)30/h1-3,12,17-19,32H,4-11,13-14H2,(H,24,28,30). The Morgan fingerprint density at radius 1 is 1.16 bits per heavy atom. The summed E-state index contributed by atoms with van der Waals surface area (Å²) in [6, 6.07) is 6.42. The number of amides is 4. The smallest absolute Gasteiger partial charge is 0.328 e. The van der Waals surface area contributed by atoms with Crippen LogP contribution in [0.3, 0.4) is 0 Å². The predicted molar refractivity (Wildman–Crippen MR) is 121 cm³/mol. The third-order valence-corrected chi connectivity index (χ3v) is 6.72. The largest absolute Gasteiger partial charge is 0.372 e. The summed E-state index contributed by atoms with van der Waals surface area (Å²) in [6.07, 6.45) is 0.765. The van der Waals surface area contributed by atoms with Gasteiger partial charge in [0.15, 0.2) is 0 Å². The predicted octanol–water partition coefficient (Wildman–Crippen LogP) is 2.05. The molecule has 1 aromatic rings. The molecule has 1 N–H and O–H groups in total. The molecule has 3 heterocycles. The van der Waals surface area contributed by atoms with E-state index in [1.165, 1.54) is 4.90 Å². The third kappa shape index (κ3) is 5.24. The zero-order valence-electron chi connectivity index (χ0n) is 17.9. The van der Waals surface area contributed by atoms with E-state index in [0.29, 0.717) is 56.0 Å². The van der Waals surface area contributed by atoms with Crippen molar-refractivity contribution < 1.29 is 23.5 Å². The number of rotatable bonds is 5. The first-order valence-corrected chi connectivity index (χ1v) is 11.7. The molecule has 3 fully saturated rings. The van der Waals surface area contributed by atoms with Crippen LogP contribution in [0.1, 0.15) is 36.0 Å². The molecule has 8 nitrogen and oxygen atoms in total. The molecule has 0 radical (unpaired) electrons. The fraction of sp³-hybridized carbons (Fsp3) is 0.591. The van der Waals surface area contributed by atoms with Crippen molar-refractivity contribution in [2.75, 3.05) is 43.5 Å². The van der Waals surface area contributed by atoms with Crippen LogP contribution in [0, 0.1) is 0 Å². The third-order valence-electron chi connectivity index (χ3n) is 6.32. The summed E-state index contributed by atoms with van der Waals surface area (Å²) in [5.41, 5.74) is 1.08. The lowest BCUT2D eigenvalue weighted by Gasteiger charge is -2.38. The summed E-state index contributed by atoms with van der Waals surface area (Å²) in [7, 11) is 0. The number of hydrogen-bond acceptors (Lipinski definition) is 6. The Labute approximate surface area is 192 Å². The molecule has 3 aliphatic rings. The lowest BCUT2D eigenvalue weighted by Crippen LogP contribution is -2.49. The second-order valence-electron chi connectivity index (χ2n) is 8.49. The van der Waals surface area contributed by atoms with Crippen LogP contribution in [-0.2, 0) is 9.53 Å². The molecule has 1 aromatic carbocycles. The maximum Gasteiger partial charge on any atom is 0.328 e. The topological polar surface area (TPSA) is 82.2 Å². The number of anilines is 1. The van der Waals surface area contributed by atoms with Crippen LogP contribution in [0.25, 0.3) is 0 Å². The van der Waals surface area contributed by atoms with Crippen molar-refractivity contribution in [3.63, 3.8) is 0 Å². The highest BCUT2D eigenvalue weighted by atomic mass is 32.1. The van der Waals surface area contributed by atoms with Crippen molar-refractivity contribution in [3.8, 4) is 0 Å². The molecule has 0 saturated carbocycles. The van der Waals surface area contributed by atoms with Crippen LogP contribution in [-0.4, -0.2) is 84.6 Å². The van der Waals surface area contributed by atoms with Crippen molar-refractivity contribution >= 4 is 36.2 Å². The number of alkyl halides is 1. The molecular formula is C22H29FN4O4S. The maximum atomic E-state index is 14.4. The number of halogens is 1. The first-order chi connectivity index (χ1) is 15.4. The summed E-state index contributed by atoms with van der Waals surface area (Å²) >= 11 is 4.21. The van der Waals surface area contributed by atoms with Gasteiger partial charge in [0.05, 0.1) is 12.2 Å². The van der Waals surface area contributed by atoms with E-state index in [0.717, 1.165) is 6.54 Å². The summed E-state index contributed by atoms with van der Waals surface area (Å²) in [5.74, 6) is 0.147. The number of imide groups is 1. The summed E-state index contributed by atoms with van der Waals surface area (Å²) in [5, 5.41) is 2.29. The van der Waals surface area contributed by atoms with Gasteiger partial charge in [-0.05, 0) is 37.5 Å². The van der Waals surface area contributed by atoms with Gasteiger partial charge in [-0.2, -0.15) is 12.6 Å². The number of nitrogens with one attached hydrogen (secondary N) is 1. The van der Waals surface area contributed by atoms with Gasteiger partial charge in [0, 0.05) is 56.3 Å². The number of thiol groups is 1. The van der Waals surface area contributed by atoms with Crippen molar-refractivity contribution in [1.82, 2.24) is 15.1 Å². The van der Waals surface area contributed by atoms with E-state index < -0.39 is 18.3 Å². The zero-order chi connectivity index (χ0) is 22.7. The Morgan fingerprint density at radius 3 is 2.62 bits per heavy atom. The van der Waals surface area contributed by atoms with Crippen LogP contribution in [0.15, 0.2) is 24.3 Å². The number of nitrogens with zero attached hydrogens (tertiary/aromatic N) is 3. The molecular weight excluding hydrogens is 435 g/mol. The number of urea groups is 1. The molecule has 2 atom stereocenters. The minimum Gasteiger partial charge on any atom is -0.372 e. The van der Waals surface area contributed by atoms with Gasteiger partial charge in [0.25, 0.3) is 5.91 Å². The van der Waals surface area contributed by atoms with Gasteiger partial charge in [-0.3, -0.25) is 24.7 Å². The van der Waals surface area contributed by atoms with Crippen LogP contribution in [0.4, 0.5) is 14.9 Å². The number of carbonyl (C=O) groups is 3. The molecule has 0 aromatic heterocycles. The lowest BCUT2D eigenvalue weighted by atomic mass is 10.0. The van der Waals surface area contributed by atoms with Crippen molar-refractivity contribution in [2.24, 2.45) is 0 Å². The number of carbonyl (C=O) groups excluding carboxylic acids is 3. The molecule has 3 saturated heterocycles. The Morgan fingerprint density at radius 2 is 1.94 bits per heavy atom. The lowest BCUT2D eigenvalue weighted by molar-refractivity contribution is -0.120.